The highest BCUT2D eigenvalue weighted by Gasteiger charge is 2.40. The highest BCUT2D eigenvalue weighted by atomic mass is 16.6. The second kappa shape index (κ2) is 28.3. The zero-order valence-corrected chi connectivity index (χ0v) is 35.9. The highest BCUT2D eigenvalue weighted by molar-refractivity contribution is 5.80. The molecule has 0 aliphatic rings. The molecule has 1 N–H and O–H groups in total. The van der Waals surface area contributed by atoms with Crippen LogP contribution in [-0.4, -0.2) is 138 Å². The fourth-order valence-corrected chi connectivity index (χ4v) is 6.18. The number of hydrogen-bond acceptors (Lipinski definition) is 16. The van der Waals surface area contributed by atoms with Gasteiger partial charge in [0.1, 0.15) is 33.0 Å². The van der Waals surface area contributed by atoms with Crippen LogP contribution < -0.4 is 11.2 Å². The van der Waals surface area contributed by atoms with Crippen LogP contribution in [-0.2, 0) is 68.4 Å². The van der Waals surface area contributed by atoms with Crippen LogP contribution in [0.5, 0.6) is 0 Å². The first kappa shape index (κ1) is 51.9. The Balaban J connectivity index is 3.61. The molecule has 18 heteroatoms. The molecule has 0 bridgehead atoms. The van der Waals surface area contributed by atoms with Gasteiger partial charge in [0, 0.05) is 39.6 Å². The summed E-state index contributed by atoms with van der Waals surface area (Å²) in [7, 11) is 4.37. The zero-order chi connectivity index (χ0) is 43.7. The van der Waals surface area contributed by atoms with Crippen molar-refractivity contribution in [3.63, 3.8) is 0 Å². The summed E-state index contributed by atoms with van der Waals surface area (Å²) in [4.78, 5) is 96.6. The van der Waals surface area contributed by atoms with Gasteiger partial charge in [-0.3, -0.25) is 38.3 Å². The van der Waals surface area contributed by atoms with E-state index in [-0.39, 0.29) is 97.1 Å². The van der Waals surface area contributed by atoms with E-state index in [4.69, 9.17) is 37.9 Å². The lowest BCUT2D eigenvalue weighted by Gasteiger charge is -2.30. The number of hydrogen-bond donors (Lipinski definition) is 1. The molecule has 0 aliphatic heterocycles. The minimum atomic E-state index is -1.21. The lowest BCUT2D eigenvalue weighted by molar-refractivity contribution is -0.160. The minimum absolute atomic E-state index is 0.00105. The van der Waals surface area contributed by atoms with Crippen LogP contribution in [0.3, 0.4) is 0 Å². The van der Waals surface area contributed by atoms with E-state index in [0.717, 1.165) is 13.1 Å². The number of carbonyl (C=O) groups is 5. The van der Waals surface area contributed by atoms with Crippen molar-refractivity contribution in [3.05, 3.63) is 32.6 Å². The van der Waals surface area contributed by atoms with Crippen LogP contribution in [0, 0.1) is 36.0 Å². The Kier molecular flexibility index (Phi) is 25.3. The van der Waals surface area contributed by atoms with Crippen molar-refractivity contribution in [2.75, 3.05) is 93.8 Å². The number of aryl methyl sites for hydroxylation is 1. The van der Waals surface area contributed by atoms with Gasteiger partial charge in [-0.25, -0.2) is 4.79 Å². The molecule has 1 aromatic heterocycles. The largest absolute Gasteiger partial charge is 0.464 e. The van der Waals surface area contributed by atoms with Gasteiger partial charge in [-0.15, -0.1) is 0 Å². The molecular formula is C40H67N3O15. The maximum Gasteiger partial charge on any atom is 0.328 e. The molecule has 0 saturated carbocycles. The summed E-state index contributed by atoms with van der Waals surface area (Å²) in [6.45, 7) is 12.4. The van der Waals surface area contributed by atoms with Crippen molar-refractivity contribution in [1.82, 2.24) is 14.5 Å². The first-order valence-corrected chi connectivity index (χ1v) is 19.9. The number of methoxy groups -OCH3 is 3. The predicted octanol–water partition coefficient (Wildman–Crippen LogP) is 2.30. The maximum absolute atomic E-state index is 13.9. The van der Waals surface area contributed by atoms with Crippen molar-refractivity contribution >= 4 is 29.8 Å². The van der Waals surface area contributed by atoms with E-state index < -0.39 is 70.2 Å². The first-order chi connectivity index (χ1) is 27.6. The van der Waals surface area contributed by atoms with Gasteiger partial charge < -0.3 is 42.8 Å². The molecule has 4 unspecified atom stereocenters. The molecule has 0 aromatic carbocycles. The van der Waals surface area contributed by atoms with Gasteiger partial charge in [0.15, 0.2) is 0 Å². The SMILES string of the molecule is CCC(CC(CC(CC(CC(C)(C)C(=O)OCCOC)C(=O)OCCN(CC)CC)C(=O)OCCOC)C(=O)OCCn1cc(C)c(=O)[nH]c1=O)C(=O)OCCOC. The van der Waals surface area contributed by atoms with E-state index in [9.17, 15) is 33.6 Å². The summed E-state index contributed by atoms with van der Waals surface area (Å²) < 4.78 is 44.0. The number of nitrogens with one attached hydrogen (secondary N) is 1. The van der Waals surface area contributed by atoms with E-state index in [1.807, 2.05) is 13.8 Å². The van der Waals surface area contributed by atoms with E-state index in [1.165, 1.54) is 39.0 Å². The van der Waals surface area contributed by atoms with Gasteiger partial charge in [0.2, 0.25) is 0 Å². The fourth-order valence-electron chi connectivity index (χ4n) is 6.18. The van der Waals surface area contributed by atoms with Gasteiger partial charge in [-0.05, 0) is 66.0 Å². The monoisotopic (exact) mass is 829 g/mol. The molecule has 0 radical (unpaired) electrons. The summed E-state index contributed by atoms with van der Waals surface area (Å²) in [5.74, 6) is -7.35. The Hall–Kier alpha value is -4.13. The third kappa shape index (κ3) is 19.1. The van der Waals surface area contributed by atoms with E-state index in [2.05, 4.69) is 9.88 Å². The summed E-state index contributed by atoms with van der Waals surface area (Å²) >= 11 is 0. The molecular weight excluding hydrogens is 762 g/mol. The number of aromatic amines is 1. The number of ether oxygens (including phenoxy) is 8. The molecule has 1 heterocycles. The third-order valence-electron chi connectivity index (χ3n) is 9.74. The highest BCUT2D eigenvalue weighted by Crippen LogP contribution is 2.35. The molecule has 1 aromatic rings. The van der Waals surface area contributed by atoms with Crippen LogP contribution in [0.15, 0.2) is 15.8 Å². The molecule has 0 spiro atoms. The second-order valence-electron chi connectivity index (χ2n) is 14.6. The Morgan fingerprint density at radius 2 is 1.10 bits per heavy atom. The van der Waals surface area contributed by atoms with Crippen LogP contribution in [0.25, 0.3) is 0 Å². The van der Waals surface area contributed by atoms with Crippen LogP contribution >= 0.6 is 0 Å². The van der Waals surface area contributed by atoms with Crippen molar-refractivity contribution in [2.45, 2.75) is 80.2 Å². The molecule has 0 amide bonds. The Labute approximate surface area is 341 Å². The van der Waals surface area contributed by atoms with Crippen molar-refractivity contribution in [3.8, 4) is 0 Å². The van der Waals surface area contributed by atoms with E-state index in [1.54, 1.807) is 20.8 Å². The topological polar surface area (TPSA) is 217 Å². The lowest BCUT2D eigenvalue weighted by atomic mass is 9.76. The molecule has 332 valence electrons. The van der Waals surface area contributed by atoms with Gasteiger partial charge in [-0.2, -0.15) is 0 Å². The number of likely N-dealkylation sites (N-methyl/N-ethyl adjacent to an activating group) is 1. The average molecular weight is 830 g/mol. The number of aromatic nitrogens is 2. The molecule has 58 heavy (non-hydrogen) atoms. The number of esters is 5. The van der Waals surface area contributed by atoms with Crippen LogP contribution in [0.2, 0.25) is 0 Å². The van der Waals surface area contributed by atoms with Crippen molar-refractivity contribution < 1.29 is 61.9 Å². The van der Waals surface area contributed by atoms with E-state index in [0.29, 0.717) is 6.54 Å². The molecule has 0 aliphatic carbocycles. The maximum atomic E-state index is 13.9. The van der Waals surface area contributed by atoms with Crippen LogP contribution in [0.4, 0.5) is 0 Å². The zero-order valence-electron chi connectivity index (χ0n) is 35.9. The summed E-state index contributed by atoms with van der Waals surface area (Å²) in [5, 5.41) is 0. The molecule has 18 nitrogen and oxygen atoms in total. The minimum Gasteiger partial charge on any atom is -0.464 e. The van der Waals surface area contributed by atoms with Gasteiger partial charge in [-0.1, -0.05) is 20.8 Å². The Morgan fingerprint density at radius 3 is 1.62 bits per heavy atom. The molecule has 4 atom stereocenters. The van der Waals surface area contributed by atoms with Gasteiger partial charge in [0.25, 0.3) is 5.56 Å². The quantitative estimate of drug-likeness (QED) is 0.0645. The van der Waals surface area contributed by atoms with E-state index >= 15 is 0 Å². The molecule has 0 saturated heterocycles. The predicted molar refractivity (Wildman–Crippen MR) is 211 cm³/mol. The summed E-state index contributed by atoms with van der Waals surface area (Å²) in [6, 6.07) is 0. The molecule has 1 rings (SSSR count). The molecule has 0 fully saturated rings. The third-order valence-corrected chi connectivity index (χ3v) is 9.74. The smallest absolute Gasteiger partial charge is 0.328 e. The van der Waals surface area contributed by atoms with Crippen molar-refractivity contribution in [2.24, 2.45) is 29.1 Å². The average Bonchev–Trinajstić information content (AvgIpc) is 3.19. The normalized spacial score (nSPS) is 13.6. The summed E-state index contributed by atoms with van der Waals surface area (Å²) in [6.07, 6.45) is 1.07. The second-order valence-corrected chi connectivity index (χ2v) is 14.6. The number of rotatable bonds is 31. The lowest BCUT2D eigenvalue weighted by Crippen LogP contribution is -2.37. The fraction of sp³-hybridized carbons (Fsp3) is 0.775. The number of nitrogens with zero attached hydrogens (tertiary/aromatic N) is 2. The number of carbonyl (C=O) groups excluding carboxylic acids is 5. The number of H-pyrrole nitrogens is 1. The van der Waals surface area contributed by atoms with Crippen molar-refractivity contribution in [1.29, 1.82) is 0 Å². The Bertz CT molecular complexity index is 1520. The Morgan fingerprint density at radius 1 is 0.655 bits per heavy atom. The first-order valence-electron chi connectivity index (χ1n) is 19.9. The summed E-state index contributed by atoms with van der Waals surface area (Å²) in [5.41, 5.74) is -2.16. The van der Waals surface area contributed by atoms with Gasteiger partial charge in [0.05, 0.1) is 55.5 Å². The van der Waals surface area contributed by atoms with Gasteiger partial charge >= 0.3 is 35.5 Å². The van der Waals surface area contributed by atoms with Crippen LogP contribution in [0.1, 0.15) is 72.3 Å². The standard InChI is InChI=1S/C40H67N3O15/c1-10-29(34(45)56-20-17-51-7)23-30(35(46)55-16-14-43-27-28(4)33(44)41-39(43)50)24-31(36(47)57-21-18-52-8)25-32(37(48)54-15-13-42(11-2)12-3)26-40(5,6)38(49)58-22-19-53-9/h27,29-32H,10-26H2,1-9H3,(H,41,44,50).